The molecule has 0 saturated carbocycles. The van der Waals surface area contributed by atoms with Gasteiger partial charge >= 0.3 is 23.6 Å². The Balaban J connectivity index is 1.41. The summed E-state index contributed by atoms with van der Waals surface area (Å²) in [5.74, 6) is -17.1. The Labute approximate surface area is 229 Å². The molecule has 1 saturated heterocycles. The van der Waals surface area contributed by atoms with Crippen molar-refractivity contribution in [2.45, 2.75) is 30.2 Å². The minimum absolute atomic E-state index is 0.0112. The van der Waals surface area contributed by atoms with E-state index in [-0.39, 0.29) is 21.9 Å². The first kappa shape index (κ1) is 26.7. The van der Waals surface area contributed by atoms with E-state index in [1.807, 2.05) is 0 Å². The molecule has 6 rings (SSSR count). The zero-order valence-corrected chi connectivity index (χ0v) is 21.2. The number of anilines is 2. The number of pyridine rings is 1. The van der Waals surface area contributed by atoms with Gasteiger partial charge in [-0.1, -0.05) is 36.4 Å². The number of benzene rings is 1. The highest BCUT2D eigenvalue weighted by Gasteiger charge is 2.78. The number of rotatable bonds is 5. The second-order valence-electron chi connectivity index (χ2n) is 9.62. The van der Waals surface area contributed by atoms with E-state index in [4.69, 9.17) is 0 Å². The van der Waals surface area contributed by atoms with Crippen molar-refractivity contribution in [2.24, 2.45) is 7.05 Å². The van der Waals surface area contributed by atoms with Gasteiger partial charge < -0.3 is 40.9 Å². The fourth-order valence-corrected chi connectivity index (χ4v) is 4.77. The number of hydrogen-bond donors (Lipinski definition) is 8. The summed E-state index contributed by atoms with van der Waals surface area (Å²) in [6.45, 7) is 0.109. The second kappa shape index (κ2) is 8.77. The van der Waals surface area contributed by atoms with Gasteiger partial charge in [-0.05, 0) is 11.6 Å². The molecule has 1 fully saturated rings. The Morgan fingerprint density at radius 3 is 2.00 bits per heavy atom. The molecule has 17 nitrogen and oxygen atoms in total. The van der Waals surface area contributed by atoms with Crippen molar-refractivity contribution in [1.82, 2.24) is 34.2 Å². The summed E-state index contributed by atoms with van der Waals surface area (Å²) in [6, 6.07) is 11.8. The van der Waals surface area contributed by atoms with Crippen LogP contribution in [-0.2, 0) is 13.6 Å². The molecule has 214 valence electrons. The fourth-order valence-electron chi connectivity index (χ4n) is 4.77. The van der Waals surface area contributed by atoms with Crippen molar-refractivity contribution in [3.8, 4) is 11.1 Å². The number of aryl methyl sites for hydroxylation is 1. The topological polar surface area (TPSA) is 234 Å². The van der Waals surface area contributed by atoms with Crippen molar-refractivity contribution >= 4 is 17.2 Å². The standard InChI is InChI=1S/C24H25N9O8/c1-29-12-17(9-26-29)16-7-8-18-19(10-27-31(18)13-16)32-21(34,35)23(38,39)33(24(40,41)22(32,36)37)20-25-14-30(28-20)11-15-5-3-2-4-6-15/h2-10,12-14,34-41H,11H2,1H3. The molecule has 8 N–H and O–H groups in total. The molecule has 17 heteroatoms. The summed E-state index contributed by atoms with van der Waals surface area (Å²) in [7, 11) is 1.73. The fraction of sp³-hybridized carbons (Fsp3) is 0.250. The zero-order chi connectivity index (χ0) is 29.4. The predicted molar refractivity (Wildman–Crippen MR) is 137 cm³/mol. The minimum Gasteiger partial charge on any atom is -0.343 e. The first-order valence-corrected chi connectivity index (χ1v) is 12.0. The molecule has 1 aliphatic heterocycles. The molecular formula is C24H25N9O8. The summed E-state index contributed by atoms with van der Waals surface area (Å²) in [6.07, 6.45) is 6.85. The molecule has 4 aromatic heterocycles. The summed E-state index contributed by atoms with van der Waals surface area (Å²) in [5.41, 5.74) is 1.57. The van der Waals surface area contributed by atoms with Crippen LogP contribution in [0, 0.1) is 0 Å². The Morgan fingerprint density at radius 1 is 0.707 bits per heavy atom. The highest BCUT2D eigenvalue weighted by Crippen LogP contribution is 2.48. The zero-order valence-electron chi connectivity index (χ0n) is 21.2. The van der Waals surface area contributed by atoms with Gasteiger partial charge in [0.25, 0.3) is 5.95 Å². The molecule has 5 heterocycles. The van der Waals surface area contributed by atoms with Gasteiger partial charge in [0.2, 0.25) is 0 Å². The molecule has 0 amide bonds. The van der Waals surface area contributed by atoms with Gasteiger partial charge in [-0.25, -0.2) is 19.1 Å². The van der Waals surface area contributed by atoms with Gasteiger partial charge in [-0.3, -0.25) is 9.58 Å². The van der Waals surface area contributed by atoms with Crippen LogP contribution in [0.2, 0.25) is 0 Å². The lowest BCUT2D eigenvalue weighted by molar-refractivity contribution is -0.469. The van der Waals surface area contributed by atoms with Crippen LogP contribution in [-0.4, -0.2) is 98.7 Å². The summed E-state index contributed by atoms with van der Waals surface area (Å²) < 4.78 is 3.96. The van der Waals surface area contributed by atoms with Crippen molar-refractivity contribution < 1.29 is 40.9 Å². The lowest BCUT2D eigenvalue weighted by atomic mass is 10.0. The van der Waals surface area contributed by atoms with Crippen molar-refractivity contribution in [3.05, 3.63) is 79.1 Å². The van der Waals surface area contributed by atoms with Crippen LogP contribution in [0.15, 0.2) is 73.6 Å². The van der Waals surface area contributed by atoms with E-state index in [0.717, 1.165) is 18.1 Å². The van der Waals surface area contributed by atoms with Gasteiger partial charge in [0.1, 0.15) is 6.33 Å². The SMILES string of the molecule is Cn1cc(-c2ccc3c(N4C(O)(O)C(O)(O)N(c5ncn(Cc6ccccc6)n5)C(O)(O)C4(O)O)cnn3c2)cn1. The van der Waals surface area contributed by atoms with Crippen LogP contribution in [0.1, 0.15) is 5.56 Å². The Hall–Kier alpha value is -4.46. The van der Waals surface area contributed by atoms with E-state index < -0.39 is 35.3 Å². The third-order valence-electron chi connectivity index (χ3n) is 6.83. The first-order chi connectivity index (χ1) is 19.2. The molecule has 5 aromatic rings. The Bertz CT molecular complexity index is 1700. The van der Waals surface area contributed by atoms with Crippen molar-refractivity contribution in [2.75, 3.05) is 9.80 Å². The second-order valence-corrected chi connectivity index (χ2v) is 9.62. The number of piperazine rings is 1. The molecule has 1 aliphatic rings. The van der Waals surface area contributed by atoms with Crippen LogP contribution in [0.3, 0.4) is 0 Å². The Morgan fingerprint density at radius 2 is 1.37 bits per heavy atom. The van der Waals surface area contributed by atoms with Crippen LogP contribution in [0.5, 0.6) is 0 Å². The predicted octanol–water partition coefficient (Wildman–Crippen LogP) is -2.75. The normalized spacial score (nSPS) is 19.1. The lowest BCUT2D eigenvalue weighted by Gasteiger charge is -2.60. The van der Waals surface area contributed by atoms with Crippen molar-refractivity contribution in [3.63, 3.8) is 0 Å². The van der Waals surface area contributed by atoms with E-state index >= 15 is 0 Å². The van der Waals surface area contributed by atoms with Gasteiger partial charge in [0.05, 0.1) is 30.1 Å². The molecule has 41 heavy (non-hydrogen) atoms. The van der Waals surface area contributed by atoms with Gasteiger partial charge in [-0.15, -0.1) is 5.10 Å². The monoisotopic (exact) mass is 567 g/mol. The van der Waals surface area contributed by atoms with Crippen LogP contribution < -0.4 is 9.80 Å². The molecule has 1 aromatic carbocycles. The van der Waals surface area contributed by atoms with E-state index in [2.05, 4.69) is 20.3 Å². The molecule has 0 bridgehead atoms. The highest BCUT2D eigenvalue weighted by atomic mass is 16.7. The van der Waals surface area contributed by atoms with E-state index in [0.29, 0.717) is 11.1 Å². The average Bonchev–Trinajstić information content (AvgIpc) is 3.64. The van der Waals surface area contributed by atoms with Crippen LogP contribution >= 0.6 is 0 Å². The van der Waals surface area contributed by atoms with Gasteiger partial charge in [0.15, 0.2) is 0 Å². The largest absolute Gasteiger partial charge is 0.343 e. The first-order valence-electron chi connectivity index (χ1n) is 12.0. The third kappa shape index (κ3) is 3.88. The van der Waals surface area contributed by atoms with Crippen LogP contribution in [0.25, 0.3) is 16.6 Å². The quantitative estimate of drug-likeness (QED) is 0.101. The van der Waals surface area contributed by atoms with Gasteiger partial charge in [0, 0.05) is 30.6 Å². The molecule has 0 atom stereocenters. The van der Waals surface area contributed by atoms with E-state index in [1.54, 1.807) is 60.5 Å². The Kier molecular flexibility index (Phi) is 5.72. The summed E-state index contributed by atoms with van der Waals surface area (Å²) in [4.78, 5) is 3.24. The lowest BCUT2D eigenvalue weighted by Crippen LogP contribution is -2.91. The van der Waals surface area contributed by atoms with E-state index in [9.17, 15) is 40.9 Å². The van der Waals surface area contributed by atoms with E-state index in [1.165, 1.54) is 21.5 Å². The number of fused-ring (bicyclic) bond motifs is 1. The molecule has 0 unspecified atom stereocenters. The molecule has 0 spiro atoms. The summed E-state index contributed by atoms with van der Waals surface area (Å²) >= 11 is 0. The van der Waals surface area contributed by atoms with Crippen molar-refractivity contribution in [1.29, 1.82) is 0 Å². The van der Waals surface area contributed by atoms with Crippen LogP contribution in [0.4, 0.5) is 11.6 Å². The number of hydrogen-bond acceptors (Lipinski definition) is 14. The molecule has 0 aliphatic carbocycles. The number of nitrogens with zero attached hydrogens (tertiary/aromatic N) is 9. The minimum atomic E-state index is -4.06. The maximum atomic E-state index is 11.1. The third-order valence-corrected chi connectivity index (χ3v) is 6.83. The maximum Gasteiger partial charge on any atom is 0.332 e. The highest BCUT2D eigenvalue weighted by molar-refractivity contribution is 5.77. The van der Waals surface area contributed by atoms with Gasteiger partial charge in [-0.2, -0.15) is 10.2 Å². The number of aliphatic hydroxyl groups is 8. The number of aromatic nitrogens is 7. The molecular weight excluding hydrogens is 542 g/mol. The molecule has 0 radical (unpaired) electrons. The smallest absolute Gasteiger partial charge is 0.332 e. The maximum absolute atomic E-state index is 11.1. The summed E-state index contributed by atoms with van der Waals surface area (Å²) in [5, 5.41) is 100. The average molecular weight is 568 g/mol.